The summed E-state index contributed by atoms with van der Waals surface area (Å²) in [7, 11) is 0. The molecule has 20 atom stereocenters. The van der Waals surface area contributed by atoms with Gasteiger partial charge in [0.2, 0.25) is 11.8 Å². The molecule has 402 valence electrons. The molecule has 0 bridgehead atoms. The van der Waals surface area contributed by atoms with E-state index in [1.165, 1.54) is 0 Å². The van der Waals surface area contributed by atoms with E-state index in [9.17, 15) is 81.1 Å². The molecule has 1 aromatic carbocycles. The lowest BCUT2D eigenvalue weighted by molar-refractivity contribution is -0.359. The van der Waals surface area contributed by atoms with Crippen molar-refractivity contribution in [1.29, 1.82) is 0 Å². The standard InChI is InChI=1S/C42H68N2O24S2/c45-13-21-27(51)29(53)33(57)41(63-21)67-37-23(15-47)65-39(35(59)31(37)55)61-9-7-43-25(49)5-11-69-17-19-1-2-20(4-3-19)18-70-12-6-26(50)44-8-10-62-40-36(60)32(56)38(24(16-48)66-40)68-42-34(58)30(54)28(52)22(14-46)64-42/h1-4,21-24,27-42,45-48,51-60H,5-18H2,(H,43,49)(H,44,50)/t21-,22-,23-,24-,27+,28+,29+,30+,31-,32-,33-,34-,35-,36-,37+,38+,39-,40-,41-,42-/m1/s1. The van der Waals surface area contributed by atoms with Crippen molar-refractivity contribution in [1.82, 2.24) is 10.6 Å². The normalized spacial score (nSPS) is 38.0. The van der Waals surface area contributed by atoms with Gasteiger partial charge < -0.3 is 120 Å². The van der Waals surface area contributed by atoms with Crippen LogP contribution in [0.15, 0.2) is 24.3 Å². The second-order valence-electron chi connectivity index (χ2n) is 16.9. The van der Waals surface area contributed by atoms with E-state index in [1.807, 2.05) is 24.3 Å². The summed E-state index contributed by atoms with van der Waals surface area (Å²) in [5.74, 6) is 1.89. The van der Waals surface area contributed by atoms with Gasteiger partial charge in [0.05, 0.1) is 39.6 Å². The SMILES string of the molecule is O=C(CCSCc1ccc(CSCCC(=O)NCCO[C@@H]2O[C@H](CO)[C@H](O[C@H]3O[C@H](CO)[C@H](O)[C@H](O)[C@H]3O)[C@H](O)[C@H]2O)cc1)NCCO[C@@H]1O[C@H](CO)[C@H](O[C@H]2O[C@H](CO)[C@H](O)[C@H](O)[C@H]2O)[C@H](O)[C@H]1O. The summed E-state index contributed by atoms with van der Waals surface area (Å²) in [4.78, 5) is 24.8. The van der Waals surface area contributed by atoms with Gasteiger partial charge in [0.25, 0.3) is 0 Å². The summed E-state index contributed by atoms with van der Waals surface area (Å²) in [6, 6.07) is 7.94. The summed E-state index contributed by atoms with van der Waals surface area (Å²) in [6.07, 6.45) is -31.0. The molecule has 4 aliphatic heterocycles. The van der Waals surface area contributed by atoms with Gasteiger partial charge in [0.15, 0.2) is 25.2 Å². The lowest BCUT2D eigenvalue weighted by Crippen LogP contribution is -2.64. The lowest BCUT2D eigenvalue weighted by Gasteiger charge is -2.45. The van der Waals surface area contributed by atoms with Crippen molar-refractivity contribution in [2.45, 2.75) is 147 Å². The van der Waals surface area contributed by atoms with Crippen LogP contribution in [0.25, 0.3) is 0 Å². The quantitative estimate of drug-likeness (QED) is 0.0383. The minimum absolute atomic E-state index is 0.0451. The van der Waals surface area contributed by atoms with Gasteiger partial charge in [-0.3, -0.25) is 9.59 Å². The number of hydrogen-bond acceptors (Lipinski definition) is 26. The van der Waals surface area contributed by atoms with E-state index in [2.05, 4.69) is 10.6 Å². The molecular weight excluding hydrogens is 981 g/mol. The molecule has 0 radical (unpaired) electrons. The Morgan fingerprint density at radius 2 is 0.786 bits per heavy atom. The van der Waals surface area contributed by atoms with E-state index in [0.29, 0.717) is 23.0 Å². The zero-order chi connectivity index (χ0) is 51.1. The Hall–Kier alpha value is -2.02. The third-order valence-electron chi connectivity index (χ3n) is 11.8. The zero-order valence-corrected chi connectivity index (χ0v) is 39.5. The third-order valence-corrected chi connectivity index (χ3v) is 13.9. The van der Waals surface area contributed by atoms with E-state index < -0.39 is 149 Å². The largest absolute Gasteiger partial charge is 0.394 e. The van der Waals surface area contributed by atoms with Gasteiger partial charge >= 0.3 is 0 Å². The highest BCUT2D eigenvalue weighted by molar-refractivity contribution is 7.98. The summed E-state index contributed by atoms with van der Waals surface area (Å²) in [5, 5.41) is 147. The average molecular weight is 1050 g/mol. The highest BCUT2D eigenvalue weighted by Crippen LogP contribution is 2.31. The number of benzene rings is 1. The number of hydrogen-bond donors (Lipinski definition) is 16. The molecule has 28 heteroatoms. The molecule has 0 aromatic heterocycles. The fourth-order valence-corrected chi connectivity index (χ4v) is 9.54. The molecule has 5 rings (SSSR count). The number of carbonyl (C=O) groups is 2. The van der Waals surface area contributed by atoms with Crippen molar-refractivity contribution in [2.24, 2.45) is 0 Å². The van der Waals surface area contributed by atoms with Gasteiger partial charge in [-0.2, -0.15) is 23.5 Å². The van der Waals surface area contributed by atoms with Crippen LogP contribution in [0, 0.1) is 0 Å². The van der Waals surface area contributed by atoms with Gasteiger partial charge in [0.1, 0.15) is 97.7 Å². The van der Waals surface area contributed by atoms with Crippen molar-refractivity contribution in [2.75, 3.05) is 64.2 Å². The van der Waals surface area contributed by atoms with Crippen LogP contribution >= 0.6 is 23.5 Å². The molecule has 0 aliphatic carbocycles. The molecule has 26 nitrogen and oxygen atoms in total. The van der Waals surface area contributed by atoms with Crippen molar-refractivity contribution in [3.63, 3.8) is 0 Å². The second-order valence-corrected chi connectivity index (χ2v) is 19.1. The predicted octanol–water partition coefficient (Wildman–Crippen LogP) is -7.55. The van der Waals surface area contributed by atoms with Crippen LogP contribution in [-0.2, 0) is 59.0 Å². The van der Waals surface area contributed by atoms with Crippen LogP contribution in [0.1, 0.15) is 24.0 Å². The Bertz CT molecular complexity index is 1570. The molecule has 4 heterocycles. The van der Waals surface area contributed by atoms with Crippen molar-refractivity contribution in [3.05, 3.63) is 35.4 Å². The van der Waals surface area contributed by atoms with E-state index in [-0.39, 0.29) is 51.0 Å². The fourth-order valence-electron chi connectivity index (χ4n) is 7.74. The van der Waals surface area contributed by atoms with E-state index in [1.54, 1.807) is 23.5 Å². The van der Waals surface area contributed by atoms with Crippen molar-refractivity contribution < 1.29 is 119 Å². The molecule has 4 fully saturated rings. The minimum atomic E-state index is -1.79. The average Bonchev–Trinajstić information content (AvgIpc) is 3.36. The lowest BCUT2D eigenvalue weighted by atomic mass is 9.97. The molecular formula is C42H68N2O24S2. The molecule has 2 amide bonds. The zero-order valence-electron chi connectivity index (χ0n) is 37.9. The van der Waals surface area contributed by atoms with E-state index >= 15 is 0 Å². The molecule has 70 heavy (non-hydrogen) atoms. The number of ether oxygens (including phenoxy) is 8. The van der Waals surface area contributed by atoms with Crippen LogP contribution in [0.4, 0.5) is 0 Å². The van der Waals surface area contributed by atoms with Gasteiger partial charge in [-0.1, -0.05) is 24.3 Å². The number of rotatable bonds is 26. The Kier molecular flexibility index (Phi) is 24.5. The first kappa shape index (κ1) is 58.9. The Labute approximate surface area is 410 Å². The molecule has 0 spiro atoms. The van der Waals surface area contributed by atoms with Crippen molar-refractivity contribution >= 4 is 35.3 Å². The van der Waals surface area contributed by atoms with Gasteiger partial charge in [-0.05, 0) is 11.1 Å². The monoisotopic (exact) mass is 1050 g/mol. The number of nitrogens with one attached hydrogen (secondary N) is 2. The summed E-state index contributed by atoms with van der Waals surface area (Å²) >= 11 is 3.12. The third kappa shape index (κ3) is 16.0. The van der Waals surface area contributed by atoms with Gasteiger partial charge in [0, 0.05) is 48.9 Å². The van der Waals surface area contributed by atoms with Crippen LogP contribution in [0.2, 0.25) is 0 Å². The molecule has 0 unspecified atom stereocenters. The van der Waals surface area contributed by atoms with Crippen LogP contribution in [0.3, 0.4) is 0 Å². The highest BCUT2D eigenvalue weighted by Gasteiger charge is 2.52. The maximum atomic E-state index is 12.4. The van der Waals surface area contributed by atoms with Crippen LogP contribution in [0.5, 0.6) is 0 Å². The Morgan fingerprint density at radius 1 is 0.457 bits per heavy atom. The van der Waals surface area contributed by atoms with Crippen molar-refractivity contribution in [3.8, 4) is 0 Å². The van der Waals surface area contributed by atoms with Gasteiger partial charge in [-0.15, -0.1) is 0 Å². The second kappa shape index (κ2) is 29.2. The highest BCUT2D eigenvalue weighted by atomic mass is 32.2. The van der Waals surface area contributed by atoms with E-state index in [4.69, 9.17) is 37.9 Å². The fraction of sp³-hybridized carbons (Fsp3) is 0.810. The number of aliphatic hydroxyl groups is 14. The number of thioether (sulfide) groups is 2. The maximum Gasteiger partial charge on any atom is 0.220 e. The summed E-state index contributed by atoms with van der Waals surface area (Å²) < 4.78 is 43.8. The number of carbonyl (C=O) groups excluding carboxylic acids is 2. The first-order valence-corrected chi connectivity index (χ1v) is 25.0. The van der Waals surface area contributed by atoms with Gasteiger partial charge in [-0.25, -0.2) is 0 Å². The van der Waals surface area contributed by atoms with Crippen LogP contribution in [-0.4, -0.2) is 270 Å². The minimum Gasteiger partial charge on any atom is -0.394 e. The first-order chi connectivity index (χ1) is 33.5. The topological polar surface area (TPSA) is 415 Å². The molecule has 4 saturated heterocycles. The predicted molar refractivity (Wildman–Crippen MR) is 239 cm³/mol. The van der Waals surface area contributed by atoms with E-state index in [0.717, 1.165) is 11.1 Å². The molecule has 16 N–H and O–H groups in total. The summed E-state index contributed by atoms with van der Waals surface area (Å²) in [6.45, 7) is -3.01. The molecule has 1 aromatic rings. The molecule has 4 aliphatic rings. The Balaban J connectivity index is 0.885. The summed E-state index contributed by atoms with van der Waals surface area (Å²) in [5.41, 5.74) is 2.11. The number of aliphatic hydroxyl groups excluding tert-OH is 14. The molecule has 0 saturated carbocycles. The van der Waals surface area contributed by atoms with Crippen LogP contribution < -0.4 is 10.6 Å². The first-order valence-electron chi connectivity index (χ1n) is 22.7. The maximum absolute atomic E-state index is 12.4. The smallest absolute Gasteiger partial charge is 0.220 e. The Morgan fingerprint density at radius 3 is 1.13 bits per heavy atom. The number of amides is 2.